The van der Waals surface area contributed by atoms with Crippen LogP contribution in [-0.4, -0.2) is 19.2 Å². The molecule has 0 saturated heterocycles. The fourth-order valence-corrected chi connectivity index (χ4v) is 6.10. The zero-order valence-corrected chi connectivity index (χ0v) is 19.0. The summed E-state index contributed by atoms with van der Waals surface area (Å²) in [5.74, 6) is 1.14. The lowest BCUT2D eigenvalue weighted by Gasteiger charge is -2.00. The van der Waals surface area contributed by atoms with E-state index in [1.165, 1.54) is 22.7 Å². The Bertz CT molecular complexity index is 1450. The standard InChI is InChI=1S/C21H18ClN5OS2/c1-4-27-19(28)17(18-25(2)14-7-5-6-8-15(14)26(18)3)30-21(27)24-20-23-13-10-9-12(22)11-16(13)29-20/h5-11H,4H2,1-3H3/p+1/b24-21-. The highest BCUT2D eigenvalue weighted by molar-refractivity contribution is 7.22. The quantitative estimate of drug-likeness (QED) is 0.398. The largest absolute Gasteiger partial charge is 0.493 e. The van der Waals surface area contributed by atoms with Gasteiger partial charge in [-0.1, -0.05) is 46.4 Å². The van der Waals surface area contributed by atoms with Gasteiger partial charge in [0, 0.05) is 11.6 Å². The van der Waals surface area contributed by atoms with Gasteiger partial charge in [0.2, 0.25) is 11.0 Å². The van der Waals surface area contributed by atoms with E-state index in [0.29, 0.717) is 21.5 Å². The van der Waals surface area contributed by atoms with Crippen molar-refractivity contribution in [2.24, 2.45) is 19.1 Å². The maximum absolute atomic E-state index is 11.0. The van der Waals surface area contributed by atoms with E-state index in [9.17, 15) is 5.11 Å². The molecule has 0 fully saturated rings. The Balaban J connectivity index is 1.73. The van der Waals surface area contributed by atoms with Gasteiger partial charge in [0.1, 0.15) is 0 Å². The number of fused-ring (bicyclic) bond motifs is 2. The van der Waals surface area contributed by atoms with Crippen LogP contribution in [0.3, 0.4) is 0 Å². The Labute approximate surface area is 185 Å². The number of imidazole rings is 1. The van der Waals surface area contributed by atoms with E-state index in [1.54, 1.807) is 0 Å². The summed E-state index contributed by atoms with van der Waals surface area (Å²) in [7, 11) is 4.03. The van der Waals surface area contributed by atoms with Crippen LogP contribution < -0.4 is 9.37 Å². The number of hydrogen-bond donors (Lipinski definition) is 1. The average Bonchev–Trinajstić information content (AvgIpc) is 3.35. The van der Waals surface area contributed by atoms with Crippen molar-refractivity contribution in [3.8, 4) is 16.6 Å². The van der Waals surface area contributed by atoms with E-state index in [2.05, 4.69) is 26.3 Å². The second kappa shape index (κ2) is 7.23. The molecule has 0 unspecified atom stereocenters. The Hall–Kier alpha value is -2.68. The van der Waals surface area contributed by atoms with Crippen molar-refractivity contribution in [1.82, 2.24) is 14.1 Å². The normalized spacial score (nSPS) is 12.5. The number of thiazole rings is 2. The van der Waals surface area contributed by atoms with Gasteiger partial charge in [-0.05, 0) is 37.3 Å². The predicted octanol–water partition coefficient (Wildman–Crippen LogP) is 4.75. The second-order valence-corrected chi connectivity index (χ2v) is 9.36. The third-order valence-corrected chi connectivity index (χ3v) is 7.38. The number of aromatic nitrogens is 4. The SMILES string of the molecule is CCn1c(O)c(-c2n(C)c3ccccc3[n+]2C)s/c1=N\c1nc2ccc(Cl)cc2s1. The van der Waals surface area contributed by atoms with Crippen molar-refractivity contribution in [3.63, 3.8) is 0 Å². The fourth-order valence-electron chi connectivity index (χ4n) is 3.72. The molecule has 9 heteroatoms. The lowest BCUT2D eigenvalue weighted by molar-refractivity contribution is -0.633. The van der Waals surface area contributed by atoms with Gasteiger partial charge < -0.3 is 5.11 Å². The molecule has 1 N–H and O–H groups in total. The molecule has 5 aromatic rings. The number of rotatable bonds is 3. The molecule has 0 spiro atoms. The van der Waals surface area contributed by atoms with Crippen molar-refractivity contribution in [3.05, 3.63) is 52.3 Å². The van der Waals surface area contributed by atoms with Crippen molar-refractivity contribution in [2.45, 2.75) is 13.5 Å². The molecule has 0 bridgehead atoms. The predicted molar refractivity (Wildman–Crippen MR) is 123 cm³/mol. The molecule has 0 radical (unpaired) electrons. The number of hydrogen-bond acceptors (Lipinski definition) is 5. The van der Waals surface area contributed by atoms with E-state index in [0.717, 1.165) is 32.0 Å². The fraction of sp³-hybridized carbons (Fsp3) is 0.190. The van der Waals surface area contributed by atoms with Crippen molar-refractivity contribution in [1.29, 1.82) is 0 Å². The van der Waals surface area contributed by atoms with Gasteiger partial charge in [-0.2, -0.15) is 4.99 Å². The second-order valence-electron chi connectivity index (χ2n) is 6.93. The monoisotopic (exact) mass is 456 g/mol. The Morgan fingerprint density at radius 1 is 1.20 bits per heavy atom. The first kappa shape index (κ1) is 19.3. The lowest BCUT2D eigenvalue weighted by Crippen LogP contribution is -2.29. The van der Waals surface area contributed by atoms with Gasteiger partial charge >= 0.3 is 5.82 Å². The third kappa shape index (κ3) is 2.94. The lowest BCUT2D eigenvalue weighted by atomic mass is 10.3. The molecule has 0 amide bonds. The smallest absolute Gasteiger partial charge is 0.305 e. The van der Waals surface area contributed by atoms with Crippen LogP contribution >= 0.6 is 34.3 Å². The maximum atomic E-state index is 11.0. The number of aromatic hydroxyl groups is 1. The third-order valence-electron chi connectivity index (χ3n) is 5.17. The zero-order chi connectivity index (χ0) is 21.0. The molecule has 3 aromatic heterocycles. The first-order chi connectivity index (χ1) is 14.5. The molecule has 6 nitrogen and oxygen atoms in total. The minimum absolute atomic E-state index is 0.215. The topological polar surface area (TPSA) is 59.2 Å². The Morgan fingerprint density at radius 2 is 2.00 bits per heavy atom. The molecule has 30 heavy (non-hydrogen) atoms. The van der Waals surface area contributed by atoms with Gasteiger partial charge in [0.05, 0.1) is 24.3 Å². The summed E-state index contributed by atoms with van der Waals surface area (Å²) in [4.78, 5) is 10.9. The minimum Gasteiger partial charge on any atom is -0.493 e. The van der Waals surface area contributed by atoms with Gasteiger partial charge in [-0.25, -0.2) is 14.1 Å². The molecule has 2 aromatic carbocycles. The Kier molecular flexibility index (Phi) is 4.65. The number of halogens is 1. The molecule has 0 aliphatic carbocycles. The van der Waals surface area contributed by atoms with Crippen LogP contribution in [0.5, 0.6) is 5.88 Å². The summed E-state index contributed by atoms with van der Waals surface area (Å²) in [5, 5.41) is 12.4. The number of aryl methyl sites for hydroxylation is 2. The Morgan fingerprint density at radius 3 is 2.77 bits per heavy atom. The molecule has 0 aliphatic heterocycles. The van der Waals surface area contributed by atoms with Crippen LogP contribution in [0.25, 0.3) is 32.0 Å². The number of nitrogens with zero attached hydrogens (tertiary/aromatic N) is 5. The molecular formula is C21H19ClN5OS2+. The first-order valence-electron chi connectivity index (χ1n) is 9.45. The van der Waals surface area contributed by atoms with Gasteiger partial charge in [0.15, 0.2) is 20.7 Å². The molecule has 5 rings (SSSR count). The molecule has 152 valence electrons. The van der Waals surface area contributed by atoms with Crippen molar-refractivity contribution >= 4 is 60.7 Å². The van der Waals surface area contributed by atoms with Crippen molar-refractivity contribution in [2.75, 3.05) is 0 Å². The highest BCUT2D eigenvalue weighted by Crippen LogP contribution is 2.34. The van der Waals surface area contributed by atoms with E-state index in [1.807, 2.05) is 55.9 Å². The molecule has 0 atom stereocenters. The summed E-state index contributed by atoms with van der Waals surface area (Å²) in [6.07, 6.45) is 0. The molecule has 3 heterocycles. The number of para-hydroxylation sites is 2. The van der Waals surface area contributed by atoms with Crippen LogP contribution in [0.4, 0.5) is 5.13 Å². The maximum Gasteiger partial charge on any atom is 0.305 e. The van der Waals surface area contributed by atoms with Gasteiger partial charge in [0.25, 0.3) is 0 Å². The van der Waals surface area contributed by atoms with Crippen LogP contribution in [0, 0.1) is 0 Å². The summed E-state index contributed by atoms with van der Waals surface area (Å²) in [5.41, 5.74) is 3.08. The highest BCUT2D eigenvalue weighted by Gasteiger charge is 2.28. The summed E-state index contributed by atoms with van der Waals surface area (Å²) < 4.78 is 7.01. The zero-order valence-electron chi connectivity index (χ0n) is 16.6. The van der Waals surface area contributed by atoms with Crippen LogP contribution in [0.1, 0.15) is 6.92 Å². The summed E-state index contributed by atoms with van der Waals surface area (Å²) in [6, 6.07) is 13.8. The molecule has 0 saturated carbocycles. The first-order valence-corrected chi connectivity index (χ1v) is 11.5. The average molecular weight is 457 g/mol. The van der Waals surface area contributed by atoms with Crippen LogP contribution in [0.15, 0.2) is 47.5 Å². The van der Waals surface area contributed by atoms with E-state index >= 15 is 0 Å². The van der Waals surface area contributed by atoms with E-state index in [-0.39, 0.29) is 5.88 Å². The van der Waals surface area contributed by atoms with Crippen molar-refractivity contribution < 1.29 is 9.67 Å². The minimum atomic E-state index is 0.215. The molecular weight excluding hydrogens is 438 g/mol. The highest BCUT2D eigenvalue weighted by atomic mass is 35.5. The van der Waals surface area contributed by atoms with E-state index < -0.39 is 0 Å². The number of benzene rings is 2. The van der Waals surface area contributed by atoms with E-state index in [4.69, 9.17) is 16.6 Å². The van der Waals surface area contributed by atoms with Gasteiger partial charge in [-0.15, -0.1) is 0 Å². The summed E-state index contributed by atoms with van der Waals surface area (Å²) >= 11 is 9.05. The van der Waals surface area contributed by atoms with Gasteiger partial charge in [-0.3, -0.25) is 4.57 Å². The summed E-state index contributed by atoms with van der Waals surface area (Å²) in [6.45, 7) is 2.60. The van der Waals surface area contributed by atoms with Crippen LogP contribution in [0.2, 0.25) is 5.02 Å². The molecule has 0 aliphatic rings. The van der Waals surface area contributed by atoms with Crippen LogP contribution in [-0.2, 0) is 20.6 Å².